The Hall–Kier alpha value is -1.81. The maximum absolute atomic E-state index is 6.11. The van der Waals surface area contributed by atoms with Crippen molar-refractivity contribution in [1.82, 2.24) is 9.88 Å². The summed E-state index contributed by atoms with van der Waals surface area (Å²) in [5.41, 5.74) is 9.19. The fourth-order valence-electron chi connectivity index (χ4n) is 3.93. The van der Waals surface area contributed by atoms with E-state index in [0.29, 0.717) is 12.1 Å². The third kappa shape index (κ3) is 2.05. The van der Waals surface area contributed by atoms with Gasteiger partial charge in [0.2, 0.25) is 0 Å². The maximum atomic E-state index is 6.11. The standard InChI is InChI=1S/C17H22N4/c1-12-10-20-9-3-4-13(20)11-21(12)16-7-6-15(18)14-5-2-8-19-17(14)16/h2,5-8,12-13H,3-4,9-11,18H2,1H3. The first-order valence-corrected chi connectivity index (χ1v) is 7.88. The molecule has 0 radical (unpaired) electrons. The van der Waals surface area contributed by atoms with Gasteiger partial charge in [0.25, 0.3) is 0 Å². The Labute approximate surface area is 125 Å². The molecule has 2 aromatic rings. The van der Waals surface area contributed by atoms with Crippen LogP contribution in [0.1, 0.15) is 19.8 Å². The molecule has 0 spiro atoms. The molecule has 1 aromatic heterocycles. The smallest absolute Gasteiger partial charge is 0.0956 e. The van der Waals surface area contributed by atoms with Crippen molar-refractivity contribution in [2.24, 2.45) is 0 Å². The summed E-state index contributed by atoms with van der Waals surface area (Å²) in [4.78, 5) is 9.78. The molecule has 2 N–H and O–H groups in total. The van der Waals surface area contributed by atoms with Crippen LogP contribution in [-0.2, 0) is 0 Å². The van der Waals surface area contributed by atoms with Crippen molar-refractivity contribution in [3.05, 3.63) is 30.5 Å². The van der Waals surface area contributed by atoms with Gasteiger partial charge in [-0.3, -0.25) is 9.88 Å². The largest absolute Gasteiger partial charge is 0.398 e. The van der Waals surface area contributed by atoms with Gasteiger partial charge in [-0.1, -0.05) is 0 Å². The van der Waals surface area contributed by atoms with Crippen LogP contribution in [0, 0.1) is 0 Å². The van der Waals surface area contributed by atoms with E-state index < -0.39 is 0 Å². The van der Waals surface area contributed by atoms with Gasteiger partial charge in [-0.15, -0.1) is 0 Å². The van der Waals surface area contributed by atoms with E-state index in [9.17, 15) is 0 Å². The Kier molecular flexibility index (Phi) is 3.00. The molecule has 1 aromatic carbocycles. The topological polar surface area (TPSA) is 45.4 Å². The van der Waals surface area contributed by atoms with E-state index in [0.717, 1.165) is 29.7 Å². The summed E-state index contributed by atoms with van der Waals surface area (Å²) in [5.74, 6) is 0. The lowest BCUT2D eigenvalue weighted by Crippen LogP contribution is -2.55. The third-order valence-corrected chi connectivity index (χ3v) is 5.03. The average molecular weight is 282 g/mol. The Morgan fingerprint density at radius 2 is 2.14 bits per heavy atom. The van der Waals surface area contributed by atoms with Gasteiger partial charge in [-0.25, -0.2) is 0 Å². The first-order chi connectivity index (χ1) is 10.2. The molecule has 4 nitrogen and oxygen atoms in total. The normalized spacial score (nSPS) is 26.2. The first kappa shape index (κ1) is 12.9. The molecule has 2 aliphatic heterocycles. The van der Waals surface area contributed by atoms with E-state index >= 15 is 0 Å². The highest BCUT2D eigenvalue weighted by molar-refractivity contribution is 5.98. The number of aromatic nitrogens is 1. The Balaban J connectivity index is 1.77. The number of nitrogens with zero attached hydrogens (tertiary/aromatic N) is 3. The zero-order valence-electron chi connectivity index (χ0n) is 12.5. The lowest BCUT2D eigenvalue weighted by molar-refractivity contribution is 0.203. The first-order valence-electron chi connectivity index (χ1n) is 7.88. The minimum absolute atomic E-state index is 0.521. The number of nitrogen functional groups attached to an aromatic ring is 1. The van der Waals surface area contributed by atoms with E-state index in [4.69, 9.17) is 5.73 Å². The number of piperazine rings is 1. The number of benzene rings is 1. The molecule has 21 heavy (non-hydrogen) atoms. The summed E-state index contributed by atoms with van der Waals surface area (Å²) in [6.45, 7) is 5.85. The number of fused-ring (bicyclic) bond motifs is 2. The van der Waals surface area contributed by atoms with Gasteiger partial charge in [0.05, 0.1) is 11.2 Å². The summed E-state index contributed by atoms with van der Waals surface area (Å²) >= 11 is 0. The average Bonchev–Trinajstić information content (AvgIpc) is 2.94. The van der Waals surface area contributed by atoms with E-state index in [1.54, 1.807) is 0 Å². The highest BCUT2D eigenvalue weighted by atomic mass is 15.3. The van der Waals surface area contributed by atoms with Crippen molar-refractivity contribution in [3.63, 3.8) is 0 Å². The Bertz CT molecular complexity index is 669. The third-order valence-electron chi connectivity index (χ3n) is 5.03. The van der Waals surface area contributed by atoms with Crippen molar-refractivity contribution in [1.29, 1.82) is 0 Å². The van der Waals surface area contributed by atoms with Crippen molar-refractivity contribution in [3.8, 4) is 0 Å². The van der Waals surface area contributed by atoms with Gasteiger partial charge in [-0.05, 0) is 50.6 Å². The number of pyridine rings is 1. The molecule has 2 unspecified atom stereocenters. The van der Waals surface area contributed by atoms with Gasteiger partial charge in [0, 0.05) is 42.4 Å². The van der Waals surface area contributed by atoms with E-state index in [1.807, 2.05) is 18.3 Å². The van der Waals surface area contributed by atoms with Crippen LogP contribution in [0.2, 0.25) is 0 Å². The molecular formula is C17H22N4. The van der Waals surface area contributed by atoms with Crippen LogP contribution in [0.3, 0.4) is 0 Å². The van der Waals surface area contributed by atoms with Crippen LogP contribution in [0.15, 0.2) is 30.5 Å². The van der Waals surface area contributed by atoms with Crippen LogP contribution in [0.4, 0.5) is 11.4 Å². The predicted octanol–water partition coefficient (Wildman–Crippen LogP) is 2.49. The summed E-state index contributed by atoms with van der Waals surface area (Å²) < 4.78 is 0. The van der Waals surface area contributed by atoms with Crippen LogP contribution in [-0.4, -0.2) is 41.6 Å². The second-order valence-corrected chi connectivity index (χ2v) is 6.37. The zero-order chi connectivity index (χ0) is 14.4. The summed E-state index contributed by atoms with van der Waals surface area (Å²) in [6, 6.07) is 9.42. The highest BCUT2D eigenvalue weighted by Crippen LogP contribution is 2.34. The van der Waals surface area contributed by atoms with E-state index in [1.165, 1.54) is 25.1 Å². The van der Waals surface area contributed by atoms with E-state index in [-0.39, 0.29) is 0 Å². The van der Waals surface area contributed by atoms with Crippen molar-refractivity contribution < 1.29 is 0 Å². The fraction of sp³-hybridized carbons (Fsp3) is 0.471. The van der Waals surface area contributed by atoms with Gasteiger partial charge in [0.15, 0.2) is 0 Å². The molecule has 4 heteroatoms. The monoisotopic (exact) mass is 282 g/mol. The van der Waals surface area contributed by atoms with Gasteiger partial charge < -0.3 is 10.6 Å². The van der Waals surface area contributed by atoms with Crippen LogP contribution < -0.4 is 10.6 Å². The fourth-order valence-corrected chi connectivity index (χ4v) is 3.93. The highest BCUT2D eigenvalue weighted by Gasteiger charge is 2.35. The lowest BCUT2D eigenvalue weighted by atomic mass is 10.0. The molecule has 0 aliphatic carbocycles. The molecular weight excluding hydrogens is 260 g/mol. The summed E-state index contributed by atoms with van der Waals surface area (Å²) in [7, 11) is 0. The lowest BCUT2D eigenvalue weighted by Gasteiger charge is -2.43. The molecule has 2 aliphatic rings. The van der Waals surface area contributed by atoms with Crippen LogP contribution in [0.25, 0.3) is 10.9 Å². The van der Waals surface area contributed by atoms with Gasteiger partial charge in [0.1, 0.15) is 0 Å². The molecule has 110 valence electrons. The zero-order valence-corrected chi connectivity index (χ0v) is 12.5. The second kappa shape index (κ2) is 4.88. The number of hydrogen-bond donors (Lipinski definition) is 1. The van der Waals surface area contributed by atoms with Crippen LogP contribution in [0.5, 0.6) is 0 Å². The minimum Gasteiger partial charge on any atom is -0.398 e. The Morgan fingerprint density at radius 3 is 3.05 bits per heavy atom. The molecule has 0 amide bonds. The molecule has 2 saturated heterocycles. The Morgan fingerprint density at radius 1 is 1.24 bits per heavy atom. The number of anilines is 2. The van der Waals surface area contributed by atoms with Crippen molar-refractivity contribution in [2.45, 2.75) is 31.8 Å². The summed E-state index contributed by atoms with van der Waals surface area (Å²) in [5, 5.41) is 1.07. The number of rotatable bonds is 1. The van der Waals surface area contributed by atoms with Crippen molar-refractivity contribution in [2.75, 3.05) is 30.3 Å². The van der Waals surface area contributed by atoms with Crippen molar-refractivity contribution >= 4 is 22.3 Å². The predicted molar refractivity (Wildman–Crippen MR) is 87.6 cm³/mol. The van der Waals surface area contributed by atoms with E-state index in [2.05, 4.69) is 33.8 Å². The molecule has 2 atom stereocenters. The summed E-state index contributed by atoms with van der Waals surface area (Å²) in [6.07, 6.45) is 4.53. The van der Waals surface area contributed by atoms with Gasteiger partial charge in [-0.2, -0.15) is 0 Å². The SMILES string of the molecule is CC1CN2CCCC2CN1c1ccc(N)c2cccnc12. The molecule has 4 rings (SSSR count). The molecule has 0 saturated carbocycles. The maximum Gasteiger partial charge on any atom is 0.0956 e. The second-order valence-electron chi connectivity index (χ2n) is 6.37. The molecule has 0 bridgehead atoms. The molecule has 3 heterocycles. The van der Waals surface area contributed by atoms with Crippen LogP contribution >= 0.6 is 0 Å². The quantitative estimate of drug-likeness (QED) is 0.816. The molecule has 2 fully saturated rings. The number of nitrogens with two attached hydrogens (primary N) is 1. The van der Waals surface area contributed by atoms with Gasteiger partial charge >= 0.3 is 0 Å². The minimum atomic E-state index is 0.521. The number of hydrogen-bond acceptors (Lipinski definition) is 4.